The Labute approximate surface area is 119 Å². The average Bonchev–Trinajstić information content (AvgIpc) is 2.39. The number of rotatable bonds is 3. The topological polar surface area (TPSA) is 15.3 Å². The molecule has 1 atom stereocenters. The lowest BCUT2D eigenvalue weighted by Gasteiger charge is -2.35. The molecule has 1 saturated heterocycles. The minimum atomic E-state index is -4.36. The molecule has 0 bridgehead atoms. The number of nitrogens with one attached hydrogen (secondary N) is 1. The lowest BCUT2D eigenvalue weighted by atomic mass is 10.00. The summed E-state index contributed by atoms with van der Waals surface area (Å²) in [6, 6.07) is 2.71. The molecule has 1 aromatic rings. The Balaban J connectivity index is 2.31. The largest absolute Gasteiger partial charge is 0.390 e. The summed E-state index contributed by atoms with van der Waals surface area (Å²) in [5.41, 5.74) is 0.0109. The van der Waals surface area contributed by atoms with Gasteiger partial charge >= 0.3 is 6.18 Å². The summed E-state index contributed by atoms with van der Waals surface area (Å²) in [4.78, 5) is 1.65. The van der Waals surface area contributed by atoms with Crippen LogP contribution in [-0.4, -0.2) is 37.3 Å². The van der Waals surface area contributed by atoms with Crippen molar-refractivity contribution in [3.05, 3.63) is 34.6 Å². The van der Waals surface area contributed by atoms with E-state index in [-0.39, 0.29) is 10.6 Å². The van der Waals surface area contributed by atoms with Crippen LogP contribution in [0.15, 0.2) is 18.2 Å². The second-order valence-electron chi connectivity index (χ2n) is 4.79. The molecule has 0 amide bonds. The summed E-state index contributed by atoms with van der Waals surface area (Å²) in [6.45, 7) is 2.09. The Morgan fingerprint density at radius 2 is 1.90 bits per heavy atom. The van der Waals surface area contributed by atoms with Gasteiger partial charge in [-0.1, -0.05) is 11.6 Å². The van der Waals surface area contributed by atoms with Gasteiger partial charge in [-0.25, -0.2) is 4.39 Å². The molecule has 1 N–H and O–H groups in total. The smallest absolute Gasteiger partial charge is 0.314 e. The molecule has 0 spiro atoms. The molecule has 0 radical (unpaired) electrons. The van der Waals surface area contributed by atoms with Gasteiger partial charge in [0.2, 0.25) is 0 Å². The maximum absolute atomic E-state index is 13.9. The van der Waals surface area contributed by atoms with E-state index < -0.39 is 24.5 Å². The average molecular weight is 311 g/mol. The van der Waals surface area contributed by atoms with Crippen molar-refractivity contribution in [2.75, 3.05) is 26.2 Å². The third-order valence-electron chi connectivity index (χ3n) is 3.33. The van der Waals surface area contributed by atoms with Gasteiger partial charge in [0.25, 0.3) is 0 Å². The fourth-order valence-electron chi connectivity index (χ4n) is 2.42. The summed E-state index contributed by atoms with van der Waals surface area (Å²) in [7, 11) is 0. The molecule has 0 aliphatic carbocycles. The lowest BCUT2D eigenvalue weighted by Crippen LogP contribution is -2.46. The summed E-state index contributed by atoms with van der Waals surface area (Å²) in [6.07, 6.45) is -5.44. The molecule has 1 aliphatic heterocycles. The quantitative estimate of drug-likeness (QED) is 0.861. The third kappa shape index (κ3) is 4.07. The Bertz CT molecular complexity index is 458. The molecule has 0 unspecified atom stereocenters. The molecule has 0 aromatic heterocycles. The molecule has 1 fully saturated rings. The van der Waals surface area contributed by atoms with Crippen LogP contribution < -0.4 is 5.32 Å². The van der Waals surface area contributed by atoms with Crippen molar-refractivity contribution in [2.24, 2.45) is 0 Å². The molecule has 0 saturated carbocycles. The highest BCUT2D eigenvalue weighted by Gasteiger charge is 2.37. The van der Waals surface area contributed by atoms with Crippen molar-refractivity contribution in [1.82, 2.24) is 10.2 Å². The van der Waals surface area contributed by atoms with Gasteiger partial charge in [0.15, 0.2) is 0 Å². The predicted molar refractivity (Wildman–Crippen MR) is 69.3 cm³/mol. The molecular weight excluding hydrogens is 296 g/mol. The van der Waals surface area contributed by atoms with E-state index in [0.29, 0.717) is 26.2 Å². The molecule has 1 heterocycles. The van der Waals surface area contributed by atoms with Crippen molar-refractivity contribution < 1.29 is 17.6 Å². The maximum atomic E-state index is 13.9. The highest BCUT2D eigenvalue weighted by atomic mass is 35.5. The molecule has 112 valence electrons. The van der Waals surface area contributed by atoms with E-state index in [0.717, 1.165) is 6.07 Å². The Morgan fingerprint density at radius 1 is 1.25 bits per heavy atom. The number of nitrogens with zero attached hydrogens (tertiary/aromatic N) is 1. The van der Waals surface area contributed by atoms with Gasteiger partial charge in [-0.2, -0.15) is 13.2 Å². The molecule has 20 heavy (non-hydrogen) atoms. The first kappa shape index (κ1) is 15.5. The van der Waals surface area contributed by atoms with Crippen LogP contribution in [0.3, 0.4) is 0 Å². The van der Waals surface area contributed by atoms with Gasteiger partial charge in [0.05, 0.1) is 6.42 Å². The van der Waals surface area contributed by atoms with Crippen LogP contribution in [0.1, 0.15) is 18.0 Å². The van der Waals surface area contributed by atoms with E-state index >= 15 is 0 Å². The highest BCUT2D eigenvalue weighted by Crippen LogP contribution is 2.36. The first-order valence-corrected chi connectivity index (χ1v) is 6.71. The maximum Gasteiger partial charge on any atom is 0.390 e. The van der Waals surface area contributed by atoms with E-state index in [2.05, 4.69) is 5.32 Å². The van der Waals surface area contributed by atoms with E-state index in [9.17, 15) is 17.6 Å². The summed E-state index contributed by atoms with van der Waals surface area (Å²) in [5.74, 6) is -0.651. The van der Waals surface area contributed by atoms with Gasteiger partial charge in [-0.3, -0.25) is 4.90 Å². The van der Waals surface area contributed by atoms with Crippen LogP contribution in [-0.2, 0) is 0 Å². The van der Waals surface area contributed by atoms with Gasteiger partial charge in [-0.05, 0) is 18.2 Å². The summed E-state index contributed by atoms with van der Waals surface area (Å²) >= 11 is 5.79. The highest BCUT2D eigenvalue weighted by molar-refractivity contribution is 6.30. The first-order chi connectivity index (χ1) is 9.37. The minimum absolute atomic E-state index is 0.0109. The van der Waals surface area contributed by atoms with Crippen LogP contribution in [0.2, 0.25) is 5.02 Å². The zero-order valence-corrected chi connectivity index (χ0v) is 11.4. The number of benzene rings is 1. The van der Waals surface area contributed by atoms with Crippen LogP contribution in [0.4, 0.5) is 17.6 Å². The van der Waals surface area contributed by atoms with Crippen LogP contribution in [0.25, 0.3) is 0 Å². The first-order valence-electron chi connectivity index (χ1n) is 6.33. The van der Waals surface area contributed by atoms with Crippen molar-refractivity contribution in [3.8, 4) is 0 Å². The summed E-state index contributed by atoms with van der Waals surface area (Å²) < 4.78 is 52.2. The monoisotopic (exact) mass is 310 g/mol. The fraction of sp³-hybridized carbons (Fsp3) is 0.538. The molecule has 7 heteroatoms. The van der Waals surface area contributed by atoms with Crippen molar-refractivity contribution in [3.63, 3.8) is 0 Å². The molecule has 1 aliphatic rings. The van der Waals surface area contributed by atoms with Crippen LogP contribution >= 0.6 is 11.6 Å². The lowest BCUT2D eigenvalue weighted by molar-refractivity contribution is -0.149. The second-order valence-corrected chi connectivity index (χ2v) is 5.22. The van der Waals surface area contributed by atoms with E-state index in [1.165, 1.54) is 12.1 Å². The Morgan fingerprint density at radius 3 is 2.50 bits per heavy atom. The summed E-state index contributed by atoms with van der Waals surface area (Å²) in [5, 5.41) is 3.31. The van der Waals surface area contributed by atoms with Crippen LogP contribution in [0.5, 0.6) is 0 Å². The van der Waals surface area contributed by atoms with Gasteiger partial charge in [-0.15, -0.1) is 0 Å². The van der Waals surface area contributed by atoms with Gasteiger partial charge in [0, 0.05) is 42.8 Å². The van der Waals surface area contributed by atoms with E-state index in [1.54, 1.807) is 4.90 Å². The standard InChI is InChI=1S/C13H15ClF4N2/c14-9-1-2-11(15)10(7-9)12(8-13(16,17)18)20-5-3-19-4-6-20/h1-2,7,12,19H,3-6,8H2/t12-/m0/s1. The number of halogens is 5. The number of piperazine rings is 1. The number of hydrogen-bond donors (Lipinski definition) is 1. The Kier molecular flexibility index (Phi) is 4.88. The minimum Gasteiger partial charge on any atom is -0.314 e. The molecule has 2 rings (SSSR count). The zero-order chi connectivity index (χ0) is 14.8. The molecule has 1 aromatic carbocycles. The van der Waals surface area contributed by atoms with Crippen LogP contribution in [0, 0.1) is 5.82 Å². The Hall–Kier alpha value is -0.850. The predicted octanol–water partition coefficient (Wildman–Crippen LogP) is 3.38. The van der Waals surface area contributed by atoms with Gasteiger partial charge in [0.1, 0.15) is 5.82 Å². The van der Waals surface area contributed by atoms with E-state index in [4.69, 9.17) is 11.6 Å². The van der Waals surface area contributed by atoms with Crippen molar-refractivity contribution in [1.29, 1.82) is 0 Å². The molecular formula is C13H15ClF4N2. The van der Waals surface area contributed by atoms with Crippen molar-refractivity contribution in [2.45, 2.75) is 18.6 Å². The SMILES string of the molecule is Fc1ccc(Cl)cc1[C@H](CC(F)(F)F)N1CCNCC1. The zero-order valence-electron chi connectivity index (χ0n) is 10.7. The van der Waals surface area contributed by atoms with Gasteiger partial charge < -0.3 is 5.32 Å². The molecule has 2 nitrogen and oxygen atoms in total. The van der Waals surface area contributed by atoms with Crippen molar-refractivity contribution >= 4 is 11.6 Å². The number of hydrogen-bond acceptors (Lipinski definition) is 2. The fourth-order valence-corrected chi connectivity index (χ4v) is 2.60. The third-order valence-corrected chi connectivity index (χ3v) is 3.57. The normalized spacial score (nSPS) is 19.1. The van der Waals surface area contributed by atoms with E-state index in [1.807, 2.05) is 0 Å². The second kappa shape index (κ2) is 6.28. The number of alkyl halides is 3.